The quantitative estimate of drug-likeness (QED) is 0.583. The number of benzene rings is 1. The molecular weight excluding hydrogens is 417 g/mol. The van der Waals surface area contributed by atoms with Crippen LogP contribution in [0.3, 0.4) is 0 Å². The van der Waals surface area contributed by atoms with Gasteiger partial charge in [0.15, 0.2) is 0 Å². The second-order valence-corrected chi connectivity index (χ2v) is 7.61. The van der Waals surface area contributed by atoms with Gasteiger partial charge < -0.3 is 19.6 Å². The standard InChI is InChI=1S/C16H25N3O5S.2ClH/c1-3-24-11-6-17-25(22,23)15-12-13(16(20)21)4-5-14(15)19-9-7-18(2)8-10-19;;/h4-5,12,17H,3,6-11H2,1-2H3,(H,20,21);2*1H. The van der Waals surface area contributed by atoms with E-state index in [-0.39, 0.29) is 48.4 Å². The molecule has 1 saturated heterocycles. The Kier molecular flexibility index (Phi) is 11.2. The van der Waals surface area contributed by atoms with Gasteiger partial charge >= 0.3 is 5.97 Å². The van der Waals surface area contributed by atoms with E-state index >= 15 is 0 Å². The molecule has 0 saturated carbocycles. The Balaban J connectivity index is 0.00000338. The first-order valence-corrected chi connectivity index (χ1v) is 9.71. The Labute approximate surface area is 172 Å². The monoisotopic (exact) mass is 443 g/mol. The van der Waals surface area contributed by atoms with E-state index in [4.69, 9.17) is 4.74 Å². The second kappa shape index (κ2) is 11.7. The normalized spacial score (nSPS) is 15.0. The van der Waals surface area contributed by atoms with E-state index in [9.17, 15) is 18.3 Å². The van der Waals surface area contributed by atoms with Crippen LogP contribution in [0.15, 0.2) is 23.1 Å². The fraction of sp³-hybridized carbons (Fsp3) is 0.562. The molecule has 0 amide bonds. The molecule has 1 aromatic rings. The summed E-state index contributed by atoms with van der Waals surface area (Å²) in [4.78, 5) is 15.4. The zero-order chi connectivity index (χ0) is 18.4. The highest BCUT2D eigenvalue weighted by molar-refractivity contribution is 7.89. The number of carboxylic acids is 1. The van der Waals surface area contributed by atoms with Crippen LogP contribution in [0.25, 0.3) is 0 Å². The van der Waals surface area contributed by atoms with E-state index in [1.54, 1.807) is 6.07 Å². The number of nitrogens with zero attached hydrogens (tertiary/aromatic N) is 2. The van der Waals surface area contributed by atoms with Gasteiger partial charge in [-0.1, -0.05) is 0 Å². The van der Waals surface area contributed by atoms with Gasteiger partial charge in [0.05, 0.1) is 17.9 Å². The number of carbonyl (C=O) groups is 1. The highest BCUT2D eigenvalue weighted by Crippen LogP contribution is 2.27. The van der Waals surface area contributed by atoms with Crippen molar-refractivity contribution in [1.82, 2.24) is 9.62 Å². The van der Waals surface area contributed by atoms with Crippen molar-refractivity contribution in [3.63, 3.8) is 0 Å². The molecule has 0 bridgehead atoms. The van der Waals surface area contributed by atoms with E-state index in [0.717, 1.165) is 13.1 Å². The number of sulfonamides is 1. The molecule has 1 aliphatic rings. The third-order valence-corrected chi connectivity index (χ3v) is 5.57. The molecule has 2 rings (SSSR count). The Bertz CT molecular complexity index is 710. The van der Waals surface area contributed by atoms with E-state index in [2.05, 4.69) is 9.62 Å². The number of halogens is 2. The summed E-state index contributed by atoms with van der Waals surface area (Å²) < 4.78 is 33.0. The van der Waals surface area contributed by atoms with Crippen molar-refractivity contribution in [3.8, 4) is 0 Å². The van der Waals surface area contributed by atoms with E-state index < -0.39 is 16.0 Å². The molecule has 8 nitrogen and oxygen atoms in total. The molecule has 11 heteroatoms. The Hall–Kier alpha value is -1.10. The van der Waals surface area contributed by atoms with Crippen LogP contribution < -0.4 is 9.62 Å². The van der Waals surface area contributed by atoms with Crippen molar-refractivity contribution >= 4 is 46.5 Å². The van der Waals surface area contributed by atoms with Crippen molar-refractivity contribution < 1.29 is 23.1 Å². The fourth-order valence-corrected chi connectivity index (χ4v) is 3.90. The molecule has 1 heterocycles. The third-order valence-electron chi connectivity index (χ3n) is 4.08. The molecule has 1 aromatic carbocycles. The summed E-state index contributed by atoms with van der Waals surface area (Å²) in [7, 11) is -1.83. The highest BCUT2D eigenvalue weighted by atomic mass is 35.5. The topological polar surface area (TPSA) is 99.2 Å². The molecule has 0 aliphatic carbocycles. The Morgan fingerprint density at radius 1 is 1.22 bits per heavy atom. The van der Waals surface area contributed by atoms with Crippen LogP contribution in [0.1, 0.15) is 17.3 Å². The van der Waals surface area contributed by atoms with E-state index in [1.807, 2.05) is 18.9 Å². The average Bonchev–Trinajstić information content (AvgIpc) is 2.59. The summed E-state index contributed by atoms with van der Waals surface area (Å²) in [6.07, 6.45) is 0. The molecule has 2 N–H and O–H groups in total. The molecule has 27 heavy (non-hydrogen) atoms. The second-order valence-electron chi connectivity index (χ2n) is 5.87. The van der Waals surface area contributed by atoms with Gasteiger partial charge in [0, 0.05) is 39.3 Å². The zero-order valence-corrected chi connectivity index (χ0v) is 17.8. The number of nitrogens with one attached hydrogen (secondary N) is 1. The van der Waals surface area contributed by atoms with E-state index in [1.165, 1.54) is 12.1 Å². The lowest BCUT2D eigenvalue weighted by Gasteiger charge is -2.35. The predicted octanol–water partition coefficient (Wildman–Crippen LogP) is 1.30. The summed E-state index contributed by atoms with van der Waals surface area (Å²) in [5, 5.41) is 9.20. The summed E-state index contributed by atoms with van der Waals surface area (Å²) >= 11 is 0. The third kappa shape index (κ3) is 7.10. The maximum absolute atomic E-state index is 12.7. The van der Waals surface area contributed by atoms with Gasteiger partial charge in [0.2, 0.25) is 10.0 Å². The van der Waals surface area contributed by atoms with Gasteiger partial charge in [0.1, 0.15) is 4.90 Å². The number of anilines is 1. The number of carboxylic acid groups (broad SMARTS) is 1. The number of rotatable bonds is 8. The number of hydrogen-bond acceptors (Lipinski definition) is 6. The van der Waals surface area contributed by atoms with Crippen molar-refractivity contribution in [2.24, 2.45) is 0 Å². The number of piperazine rings is 1. The van der Waals surface area contributed by atoms with Crippen molar-refractivity contribution in [2.75, 3.05) is 57.9 Å². The first-order valence-electron chi connectivity index (χ1n) is 8.23. The SMILES string of the molecule is CCOCCNS(=O)(=O)c1cc(C(=O)O)ccc1N1CCN(C)CC1.Cl.Cl. The minimum atomic E-state index is -3.84. The molecular formula is C16H27Cl2N3O5S. The first kappa shape index (κ1) is 25.9. The maximum atomic E-state index is 12.7. The fourth-order valence-electron chi connectivity index (χ4n) is 2.64. The molecule has 0 spiro atoms. The molecule has 0 aromatic heterocycles. The van der Waals surface area contributed by atoms with Gasteiger partial charge in [-0.05, 0) is 32.2 Å². The highest BCUT2D eigenvalue weighted by Gasteiger charge is 2.25. The van der Waals surface area contributed by atoms with Gasteiger partial charge in [-0.2, -0.15) is 0 Å². The minimum absolute atomic E-state index is 0. The molecule has 0 unspecified atom stereocenters. The van der Waals surface area contributed by atoms with Crippen LogP contribution in [0.2, 0.25) is 0 Å². The number of ether oxygens (including phenoxy) is 1. The lowest BCUT2D eigenvalue weighted by atomic mass is 10.2. The van der Waals surface area contributed by atoms with Crippen LogP contribution in [0.4, 0.5) is 5.69 Å². The summed E-state index contributed by atoms with van der Waals surface area (Å²) in [5.74, 6) is -1.16. The Morgan fingerprint density at radius 2 is 1.85 bits per heavy atom. The summed E-state index contributed by atoms with van der Waals surface area (Å²) in [5.41, 5.74) is 0.477. The molecule has 1 fully saturated rings. The first-order chi connectivity index (χ1) is 11.8. The van der Waals surface area contributed by atoms with Gasteiger partial charge in [-0.25, -0.2) is 17.9 Å². The van der Waals surface area contributed by atoms with Crippen molar-refractivity contribution in [1.29, 1.82) is 0 Å². The average molecular weight is 444 g/mol. The largest absolute Gasteiger partial charge is 0.478 e. The summed E-state index contributed by atoms with van der Waals surface area (Å²) in [6.45, 7) is 5.73. The maximum Gasteiger partial charge on any atom is 0.335 e. The van der Waals surface area contributed by atoms with Gasteiger partial charge in [0.25, 0.3) is 0 Å². The van der Waals surface area contributed by atoms with Crippen molar-refractivity contribution in [2.45, 2.75) is 11.8 Å². The van der Waals surface area contributed by atoms with Crippen LogP contribution >= 0.6 is 24.8 Å². The lowest BCUT2D eigenvalue weighted by Crippen LogP contribution is -2.45. The smallest absolute Gasteiger partial charge is 0.335 e. The van der Waals surface area contributed by atoms with E-state index in [0.29, 0.717) is 25.4 Å². The lowest BCUT2D eigenvalue weighted by molar-refractivity contribution is 0.0696. The Morgan fingerprint density at radius 3 is 2.41 bits per heavy atom. The van der Waals surface area contributed by atoms with Gasteiger partial charge in [-0.15, -0.1) is 24.8 Å². The predicted molar refractivity (Wildman–Crippen MR) is 109 cm³/mol. The molecule has 156 valence electrons. The number of hydrogen-bond donors (Lipinski definition) is 2. The molecule has 0 atom stereocenters. The van der Waals surface area contributed by atoms with Gasteiger partial charge in [-0.3, -0.25) is 0 Å². The number of aromatic carboxylic acids is 1. The zero-order valence-electron chi connectivity index (χ0n) is 15.4. The van der Waals surface area contributed by atoms with Crippen LogP contribution in [0.5, 0.6) is 0 Å². The van der Waals surface area contributed by atoms with Crippen LogP contribution in [-0.2, 0) is 14.8 Å². The minimum Gasteiger partial charge on any atom is -0.478 e. The van der Waals surface area contributed by atoms with Crippen LogP contribution in [0, 0.1) is 0 Å². The molecule has 1 aliphatic heterocycles. The summed E-state index contributed by atoms with van der Waals surface area (Å²) in [6, 6.07) is 4.24. The van der Waals surface area contributed by atoms with Crippen LogP contribution in [-0.4, -0.2) is 77.4 Å². The molecule has 0 radical (unpaired) electrons. The number of likely N-dealkylation sites (N-methyl/N-ethyl adjacent to an activating group) is 1. The van der Waals surface area contributed by atoms with Crippen molar-refractivity contribution in [3.05, 3.63) is 23.8 Å².